The minimum atomic E-state index is 0.236. The number of amides is 1. The molecule has 1 saturated heterocycles. The second-order valence-electron chi connectivity index (χ2n) is 9.02. The van der Waals surface area contributed by atoms with E-state index in [2.05, 4.69) is 29.3 Å². The fraction of sp³-hybridized carbons (Fsp3) is 0.708. The number of benzene rings is 1. The molecule has 0 spiro atoms. The molecule has 0 bridgehead atoms. The van der Waals surface area contributed by atoms with Gasteiger partial charge in [-0.1, -0.05) is 19.1 Å². The minimum Gasteiger partial charge on any atom is -0.454 e. The van der Waals surface area contributed by atoms with Crippen LogP contribution in [0, 0.1) is 5.92 Å². The molecule has 160 valence electrons. The van der Waals surface area contributed by atoms with Crippen LogP contribution in [0.15, 0.2) is 18.2 Å². The third-order valence-electron chi connectivity index (χ3n) is 7.00. The Balaban J connectivity index is 1.16. The molecule has 2 fully saturated rings. The maximum Gasteiger partial charge on any atom is 0.231 e. The Bertz CT molecular complexity index is 677. The SMILES string of the molecule is CCCC(=O)NC1CCC(CCN2CCC(c3cccc4c3OCO4)CC2)CC1. The van der Waals surface area contributed by atoms with E-state index >= 15 is 0 Å². The molecule has 5 nitrogen and oxygen atoms in total. The Labute approximate surface area is 175 Å². The van der Waals surface area contributed by atoms with Crippen LogP contribution < -0.4 is 14.8 Å². The molecule has 1 amide bonds. The lowest BCUT2D eigenvalue weighted by atomic mass is 9.83. The summed E-state index contributed by atoms with van der Waals surface area (Å²) in [6, 6.07) is 6.73. The highest BCUT2D eigenvalue weighted by atomic mass is 16.7. The quantitative estimate of drug-likeness (QED) is 0.734. The predicted molar refractivity (Wildman–Crippen MR) is 114 cm³/mol. The number of fused-ring (bicyclic) bond motifs is 1. The van der Waals surface area contributed by atoms with Gasteiger partial charge < -0.3 is 19.7 Å². The summed E-state index contributed by atoms with van der Waals surface area (Å²) in [4.78, 5) is 14.4. The van der Waals surface area contributed by atoms with Gasteiger partial charge >= 0.3 is 0 Å². The van der Waals surface area contributed by atoms with Gasteiger partial charge in [0.25, 0.3) is 0 Å². The third-order valence-corrected chi connectivity index (χ3v) is 7.00. The van der Waals surface area contributed by atoms with Crippen LogP contribution in [0.4, 0.5) is 0 Å². The molecule has 3 aliphatic rings. The number of piperidine rings is 1. The molecule has 0 unspecified atom stereocenters. The molecule has 29 heavy (non-hydrogen) atoms. The van der Waals surface area contributed by atoms with Gasteiger partial charge in [-0.05, 0) is 88.9 Å². The molecule has 2 heterocycles. The number of carbonyl (C=O) groups excluding carboxylic acids is 1. The first kappa shape index (κ1) is 20.5. The molecule has 1 aromatic carbocycles. The van der Waals surface area contributed by atoms with Crippen molar-refractivity contribution in [2.75, 3.05) is 26.4 Å². The van der Waals surface area contributed by atoms with E-state index < -0.39 is 0 Å². The molecule has 1 aliphatic carbocycles. The van der Waals surface area contributed by atoms with Crippen molar-refractivity contribution in [3.8, 4) is 11.5 Å². The Morgan fingerprint density at radius 3 is 2.66 bits per heavy atom. The predicted octanol–water partition coefficient (Wildman–Crippen LogP) is 4.46. The van der Waals surface area contributed by atoms with Gasteiger partial charge in [0.1, 0.15) is 0 Å². The first-order chi connectivity index (χ1) is 14.2. The van der Waals surface area contributed by atoms with E-state index in [4.69, 9.17) is 9.47 Å². The summed E-state index contributed by atoms with van der Waals surface area (Å²) in [5, 5.41) is 3.22. The summed E-state index contributed by atoms with van der Waals surface area (Å²) in [6.07, 6.45) is 10.2. The number of hydrogen-bond acceptors (Lipinski definition) is 4. The minimum absolute atomic E-state index is 0.236. The monoisotopic (exact) mass is 400 g/mol. The maximum absolute atomic E-state index is 11.8. The largest absolute Gasteiger partial charge is 0.454 e. The number of hydrogen-bond donors (Lipinski definition) is 1. The lowest BCUT2D eigenvalue weighted by Crippen LogP contribution is -2.38. The van der Waals surface area contributed by atoms with Crippen molar-refractivity contribution >= 4 is 5.91 Å². The second-order valence-corrected chi connectivity index (χ2v) is 9.02. The van der Waals surface area contributed by atoms with Crippen LogP contribution >= 0.6 is 0 Å². The summed E-state index contributed by atoms with van der Waals surface area (Å²) in [6.45, 7) is 6.00. The number of nitrogens with one attached hydrogen (secondary N) is 1. The van der Waals surface area contributed by atoms with E-state index in [0.717, 1.165) is 36.7 Å². The van der Waals surface area contributed by atoms with Gasteiger partial charge in [-0.25, -0.2) is 0 Å². The molecule has 4 rings (SSSR count). The van der Waals surface area contributed by atoms with Crippen LogP contribution in [-0.2, 0) is 4.79 Å². The topological polar surface area (TPSA) is 50.8 Å². The van der Waals surface area contributed by atoms with Crippen LogP contribution in [-0.4, -0.2) is 43.3 Å². The number of rotatable bonds is 7. The fourth-order valence-electron chi connectivity index (χ4n) is 5.23. The number of likely N-dealkylation sites (tertiary alicyclic amines) is 1. The van der Waals surface area contributed by atoms with E-state index in [1.807, 2.05) is 6.07 Å². The van der Waals surface area contributed by atoms with Gasteiger partial charge in [0.2, 0.25) is 12.7 Å². The van der Waals surface area contributed by atoms with E-state index in [9.17, 15) is 4.79 Å². The number of para-hydroxylation sites is 1. The van der Waals surface area contributed by atoms with Crippen molar-refractivity contribution < 1.29 is 14.3 Å². The van der Waals surface area contributed by atoms with Crippen molar-refractivity contribution in [1.29, 1.82) is 0 Å². The molecule has 0 aromatic heterocycles. The molecular formula is C24H36N2O3. The average molecular weight is 401 g/mol. The highest BCUT2D eigenvalue weighted by Crippen LogP contribution is 2.42. The zero-order valence-corrected chi connectivity index (χ0v) is 17.8. The Morgan fingerprint density at radius 2 is 1.90 bits per heavy atom. The Hall–Kier alpha value is -1.75. The fourth-order valence-corrected chi connectivity index (χ4v) is 5.23. The smallest absolute Gasteiger partial charge is 0.231 e. The number of carbonyl (C=O) groups is 1. The van der Waals surface area contributed by atoms with Gasteiger partial charge in [0.05, 0.1) is 0 Å². The van der Waals surface area contributed by atoms with Gasteiger partial charge in [-0.3, -0.25) is 4.79 Å². The van der Waals surface area contributed by atoms with E-state index in [0.29, 0.717) is 25.2 Å². The molecule has 1 aromatic rings. The Kier molecular flexibility index (Phi) is 6.96. The first-order valence-corrected chi connectivity index (χ1v) is 11.6. The van der Waals surface area contributed by atoms with Crippen LogP contribution in [0.2, 0.25) is 0 Å². The van der Waals surface area contributed by atoms with Crippen molar-refractivity contribution in [2.24, 2.45) is 5.92 Å². The van der Waals surface area contributed by atoms with Crippen molar-refractivity contribution in [3.63, 3.8) is 0 Å². The van der Waals surface area contributed by atoms with Gasteiger partial charge in [0, 0.05) is 18.0 Å². The highest BCUT2D eigenvalue weighted by Gasteiger charge is 2.28. The second kappa shape index (κ2) is 9.84. The van der Waals surface area contributed by atoms with E-state index in [1.54, 1.807) is 0 Å². The molecule has 5 heteroatoms. The molecule has 0 radical (unpaired) electrons. The molecule has 1 saturated carbocycles. The summed E-state index contributed by atoms with van der Waals surface area (Å²) >= 11 is 0. The maximum atomic E-state index is 11.8. The zero-order valence-electron chi connectivity index (χ0n) is 17.8. The summed E-state index contributed by atoms with van der Waals surface area (Å²) < 4.78 is 11.3. The summed E-state index contributed by atoms with van der Waals surface area (Å²) in [5.74, 6) is 3.54. The molecule has 2 aliphatic heterocycles. The molecular weight excluding hydrogens is 364 g/mol. The summed E-state index contributed by atoms with van der Waals surface area (Å²) in [7, 11) is 0. The van der Waals surface area contributed by atoms with Crippen LogP contribution in [0.1, 0.15) is 76.2 Å². The van der Waals surface area contributed by atoms with Crippen LogP contribution in [0.5, 0.6) is 11.5 Å². The standard InChI is InChI=1S/C24H36N2O3/c1-2-4-23(27)25-20-9-7-18(8-10-20)11-14-26-15-12-19(13-16-26)21-5-3-6-22-24(21)29-17-28-22/h3,5-6,18-20H,2,4,7-17H2,1H3,(H,25,27). The first-order valence-electron chi connectivity index (χ1n) is 11.6. The third kappa shape index (κ3) is 5.25. The number of nitrogens with zero attached hydrogens (tertiary/aromatic N) is 1. The van der Waals surface area contributed by atoms with E-state index in [-0.39, 0.29) is 5.91 Å². The lowest BCUT2D eigenvalue weighted by Gasteiger charge is -2.34. The molecule has 1 N–H and O–H groups in total. The summed E-state index contributed by atoms with van der Waals surface area (Å²) in [5.41, 5.74) is 1.34. The van der Waals surface area contributed by atoms with Crippen LogP contribution in [0.3, 0.4) is 0 Å². The zero-order chi connectivity index (χ0) is 20.1. The van der Waals surface area contributed by atoms with Gasteiger partial charge in [-0.2, -0.15) is 0 Å². The van der Waals surface area contributed by atoms with Gasteiger partial charge in [0.15, 0.2) is 11.5 Å². The van der Waals surface area contributed by atoms with Crippen molar-refractivity contribution in [3.05, 3.63) is 23.8 Å². The Morgan fingerprint density at radius 1 is 1.10 bits per heavy atom. The van der Waals surface area contributed by atoms with Crippen molar-refractivity contribution in [1.82, 2.24) is 10.2 Å². The lowest BCUT2D eigenvalue weighted by molar-refractivity contribution is -0.122. The average Bonchev–Trinajstić information content (AvgIpc) is 3.23. The van der Waals surface area contributed by atoms with Gasteiger partial charge in [-0.15, -0.1) is 0 Å². The van der Waals surface area contributed by atoms with Crippen molar-refractivity contribution in [2.45, 2.75) is 76.7 Å². The van der Waals surface area contributed by atoms with E-state index in [1.165, 1.54) is 57.3 Å². The highest BCUT2D eigenvalue weighted by molar-refractivity contribution is 5.76. The normalized spacial score (nSPS) is 25.1. The number of ether oxygens (including phenoxy) is 2. The molecule has 0 atom stereocenters. The van der Waals surface area contributed by atoms with Crippen LogP contribution in [0.25, 0.3) is 0 Å².